The predicted molar refractivity (Wildman–Crippen MR) is 84.5 cm³/mol. The highest BCUT2D eigenvalue weighted by Crippen LogP contribution is 2.28. The lowest BCUT2D eigenvalue weighted by Gasteiger charge is -2.46. The number of amides is 1. The number of nitrogens with one attached hydrogen (secondary N) is 3. The molecule has 0 aromatic heterocycles. The lowest BCUT2D eigenvalue weighted by molar-refractivity contribution is -0.159. The van der Waals surface area contributed by atoms with E-state index in [1.54, 1.807) is 0 Å². The Balaban J connectivity index is 1.89. The summed E-state index contributed by atoms with van der Waals surface area (Å²) in [7, 11) is 0. The summed E-state index contributed by atoms with van der Waals surface area (Å²) in [5.74, 6) is -0.797. The van der Waals surface area contributed by atoms with Gasteiger partial charge in [-0.3, -0.25) is 10.2 Å². The van der Waals surface area contributed by atoms with Crippen LogP contribution in [-0.4, -0.2) is 74.2 Å². The third kappa shape index (κ3) is 4.42. The molecule has 0 spiro atoms. The molecule has 1 amide bonds. The number of hydrogen-bond acceptors (Lipinski definition) is 8. The quantitative estimate of drug-likeness (QED) is 0.282. The molecule has 24 heavy (non-hydrogen) atoms. The van der Waals surface area contributed by atoms with E-state index in [-0.39, 0.29) is 17.1 Å². The molecule has 0 saturated carbocycles. The maximum absolute atomic E-state index is 12.1. The van der Waals surface area contributed by atoms with E-state index in [2.05, 4.69) is 43.9 Å². The number of ether oxygens (including phenoxy) is 1. The zero-order chi connectivity index (χ0) is 18.3. The molecule has 9 nitrogen and oxygen atoms in total. The Hall–Kier alpha value is -0.810. The first-order valence-electron chi connectivity index (χ1n) is 8.14. The molecule has 140 valence electrons. The zero-order valence-electron chi connectivity index (χ0n) is 14.5. The lowest BCUT2D eigenvalue weighted by Crippen LogP contribution is -2.64. The second kappa shape index (κ2) is 6.83. The van der Waals surface area contributed by atoms with Gasteiger partial charge in [0, 0.05) is 17.1 Å². The van der Waals surface area contributed by atoms with Gasteiger partial charge in [0.2, 0.25) is 0 Å². The number of hydrazine groups is 1. The lowest BCUT2D eigenvalue weighted by atomic mass is 9.80. The summed E-state index contributed by atoms with van der Waals surface area (Å²) in [6, 6.07) is -0.00185. The molecule has 5 atom stereocenters. The predicted octanol–water partition coefficient (Wildman–Crippen LogP) is -2.28. The van der Waals surface area contributed by atoms with Crippen molar-refractivity contribution in [3.05, 3.63) is 0 Å². The van der Waals surface area contributed by atoms with Crippen molar-refractivity contribution in [1.29, 1.82) is 0 Å². The molecule has 0 aromatic rings. The van der Waals surface area contributed by atoms with E-state index in [9.17, 15) is 25.2 Å². The fourth-order valence-electron chi connectivity index (χ4n) is 3.77. The van der Waals surface area contributed by atoms with Gasteiger partial charge >= 0.3 is 0 Å². The second-order valence-corrected chi connectivity index (χ2v) is 8.05. The summed E-state index contributed by atoms with van der Waals surface area (Å²) >= 11 is 0. The third-order valence-electron chi connectivity index (χ3n) is 4.44. The first kappa shape index (κ1) is 19.5. The Bertz CT molecular complexity index is 456. The third-order valence-corrected chi connectivity index (χ3v) is 4.44. The number of piperidine rings is 1. The number of rotatable bonds is 4. The molecule has 0 aromatic carbocycles. The number of hydrogen-bond donors (Lipinski definition) is 7. The fourth-order valence-corrected chi connectivity index (χ4v) is 3.77. The molecular weight excluding hydrogens is 318 g/mol. The summed E-state index contributed by atoms with van der Waals surface area (Å²) in [4.78, 5) is 12.1. The van der Waals surface area contributed by atoms with E-state index in [0.717, 1.165) is 12.8 Å². The molecule has 7 N–H and O–H groups in total. The number of carbonyl (C=O) groups is 1. The highest BCUT2D eigenvalue weighted by molar-refractivity contribution is 5.80. The Morgan fingerprint density at radius 2 is 1.67 bits per heavy atom. The molecule has 2 aliphatic rings. The average molecular weight is 347 g/mol. The molecule has 2 heterocycles. The Morgan fingerprint density at radius 1 is 1.12 bits per heavy atom. The monoisotopic (exact) mass is 347 g/mol. The van der Waals surface area contributed by atoms with Crippen molar-refractivity contribution in [2.45, 2.75) is 88.4 Å². The van der Waals surface area contributed by atoms with Crippen molar-refractivity contribution in [2.75, 3.05) is 0 Å². The van der Waals surface area contributed by atoms with Crippen LogP contribution in [0.15, 0.2) is 0 Å². The van der Waals surface area contributed by atoms with Gasteiger partial charge in [0.05, 0.1) is 0 Å². The van der Waals surface area contributed by atoms with E-state index in [0.29, 0.717) is 0 Å². The molecular formula is C15H29N3O6. The number of carbonyl (C=O) groups excluding carboxylic acids is 1. The van der Waals surface area contributed by atoms with E-state index >= 15 is 0 Å². The van der Waals surface area contributed by atoms with Crippen molar-refractivity contribution < 1.29 is 30.0 Å². The Kier molecular flexibility index (Phi) is 5.55. The second-order valence-electron chi connectivity index (χ2n) is 8.05. The summed E-state index contributed by atoms with van der Waals surface area (Å²) in [6.45, 7) is 8.30. The summed E-state index contributed by atoms with van der Waals surface area (Å²) < 4.78 is 4.83. The van der Waals surface area contributed by atoms with Gasteiger partial charge in [-0.15, -0.1) is 0 Å². The van der Waals surface area contributed by atoms with Crippen LogP contribution < -0.4 is 16.2 Å². The highest BCUT2D eigenvalue weighted by Gasteiger charge is 2.47. The van der Waals surface area contributed by atoms with Gasteiger partial charge in [0.15, 0.2) is 12.4 Å². The molecule has 5 unspecified atom stereocenters. The number of aliphatic hydroxyl groups excluding tert-OH is 4. The number of aliphatic hydroxyl groups is 4. The van der Waals surface area contributed by atoms with Crippen molar-refractivity contribution in [2.24, 2.45) is 0 Å². The molecule has 2 aliphatic heterocycles. The SMILES string of the molecule is CC1(C)CC(NNC(=O)C(O)C2OC(O)C(O)C2O)CC(C)(C)N1. The molecule has 9 heteroatoms. The fraction of sp³-hybridized carbons (Fsp3) is 0.933. The summed E-state index contributed by atoms with van der Waals surface area (Å²) in [6.07, 6.45) is -6.31. The maximum atomic E-state index is 12.1. The highest BCUT2D eigenvalue weighted by atomic mass is 16.6. The Morgan fingerprint density at radius 3 is 2.12 bits per heavy atom. The minimum Gasteiger partial charge on any atom is -0.387 e. The van der Waals surface area contributed by atoms with Gasteiger partial charge in [0.25, 0.3) is 5.91 Å². The first-order valence-corrected chi connectivity index (χ1v) is 8.14. The van der Waals surface area contributed by atoms with Crippen LogP contribution in [0.4, 0.5) is 0 Å². The van der Waals surface area contributed by atoms with E-state index in [1.165, 1.54) is 0 Å². The topological polar surface area (TPSA) is 143 Å². The van der Waals surface area contributed by atoms with Crippen LogP contribution in [-0.2, 0) is 9.53 Å². The van der Waals surface area contributed by atoms with E-state index in [4.69, 9.17) is 4.74 Å². The van der Waals surface area contributed by atoms with Crippen LogP contribution >= 0.6 is 0 Å². The van der Waals surface area contributed by atoms with Crippen LogP contribution in [0, 0.1) is 0 Å². The van der Waals surface area contributed by atoms with Crippen molar-refractivity contribution in [3.8, 4) is 0 Å². The zero-order valence-corrected chi connectivity index (χ0v) is 14.5. The van der Waals surface area contributed by atoms with Gasteiger partial charge in [-0.2, -0.15) is 0 Å². The minimum atomic E-state index is -1.72. The van der Waals surface area contributed by atoms with Gasteiger partial charge in [-0.1, -0.05) is 0 Å². The molecule has 0 bridgehead atoms. The van der Waals surface area contributed by atoms with E-state index in [1.807, 2.05) is 0 Å². The summed E-state index contributed by atoms with van der Waals surface area (Å²) in [5, 5.41) is 42.0. The average Bonchev–Trinajstić information content (AvgIpc) is 2.68. The molecule has 2 saturated heterocycles. The molecule has 0 aliphatic carbocycles. The van der Waals surface area contributed by atoms with Gasteiger partial charge < -0.3 is 30.5 Å². The van der Waals surface area contributed by atoms with Crippen LogP contribution in [0.2, 0.25) is 0 Å². The van der Waals surface area contributed by atoms with E-state index < -0.39 is 36.6 Å². The summed E-state index contributed by atoms with van der Waals surface area (Å²) in [5.41, 5.74) is 5.13. The Labute approximate surface area is 141 Å². The minimum absolute atomic E-state index is 0.00185. The molecule has 2 fully saturated rings. The first-order chi connectivity index (χ1) is 10.9. The standard InChI is InChI=1S/C15H29N3O6/c1-14(2)5-7(6-15(3,4)18-14)16-17-12(22)10(21)11-8(19)9(20)13(23)24-11/h7-11,13,16,18-21,23H,5-6H2,1-4H3,(H,17,22). The maximum Gasteiger partial charge on any atom is 0.265 e. The van der Waals surface area contributed by atoms with Crippen molar-refractivity contribution in [1.82, 2.24) is 16.2 Å². The largest absolute Gasteiger partial charge is 0.387 e. The van der Waals surface area contributed by atoms with Crippen LogP contribution in [0.3, 0.4) is 0 Å². The van der Waals surface area contributed by atoms with Crippen LogP contribution in [0.5, 0.6) is 0 Å². The molecule has 2 rings (SSSR count). The van der Waals surface area contributed by atoms with Crippen molar-refractivity contribution in [3.63, 3.8) is 0 Å². The van der Waals surface area contributed by atoms with Gasteiger partial charge in [0.1, 0.15) is 18.3 Å². The van der Waals surface area contributed by atoms with Gasteiger partial charge in [-0.05, 0) is 40.5 Å². The van der Waals surface area contributed by atoms with Crippen molar-refractivity contribution >= 4 is 5.91 Å². The molecule has 0 radical (unpaired) electrons. The van der Waals surface area contributed by atoms with Gasteiger partial charge in [-0.25, -0.2) is 5.43 Å². The normalized spacial score (nSPS) is 37.2. The smallest absolute Gasteiger partial charge is 0.265 e. The van der Waals surface area contributed by atoms with Crippen LogP contribution in [0.1, 0.15) is 40.5 Å². The van der Waals surface area contributed by atoms with Crippen LogP contribution in [0.25, 0.3) is 0 Å².